The maximum Gasteiger partial charge on any atom is 0.227 e. The van der Waals surface area contributed by atoms with Gasteiger partial charge in [-0.1, -0.05) is 12.1 Å². The predicted molar refractivity (Wildman–Crippen MR) is 103 cm³/mol. The van der Waals surface area contributed by atoms with E-state index in [0.29, 0.717) is 24.7 Å². The third-order valence-electron chi connectivity index (χ3n) is 4.53. The van der Waals surface area contributed by atoms with Crippen molar-refractivity contribution < 1.29 is 9.53 Å². The van der Waals surface area contributed by atoms with Crippen LogP contribution in [0.25, 0.3) is 0 Å². The Labute approximate surface area is 159 Å². The third kappa shape index (κ3) is 5.19. The number of methoxy groups -OCH3 is 1. The molecule has 8 heteroatoms. The van der Waals surface area contributed by atoms with E-state index in [1.807, 2.05) is 31.3 Å². The molecule has 1 amide bonds. The lowest BCUT2D eigenvalue weighted by molar-refractivity contribution is -0.116. The molecule has 0 unspecified atom stereocenters. The van der Waals surface area contributed by atoms with Gasteiger partial charge in [-0.25, -0.2) is 4.68 Å². The Bertz CT molecular complexity index is 711. The van der Waals surface area contributed by atoms with Crippen LogP contribution in [0.4, 0.5) is 5.95 Å². The summed E-state index contributed by atoms with van der Waals surface area (Å²) in [5, 5.41) is 10.7. The van der Waals surface area contributed by atoms with Crippen molar-refractivity contribution in [1.29, 1.82) is 0 Å². The Kier molecular flexibility index (Phi) is 7.41. The quantitative estimate of drug-likeness (QED) is 0.804. The third-order valence-corrected chi connectivity index (χ3v) is 4.53. The number of carbonyl (C=O) groups is 1. The molecule has 3 rings (SSSR count). The van der Waals surface area contributed by atoms with Gasteiger partial charge in [-0.3, -0.25) is 10.1 Å². The van der Waals surface area contributed by atoms with Gasteiger partial charge >= 0.3 is 0 Å². The van der Waals surface area contributed by atoms with Crippen molar-refractivity contribution >= 4 is 24.3 Å². The molecule has 7 nitrogen and oxygen atoms in total. The fourth-order valence-electron chi connectivity index (χ4n) is 3.00. The topological polar surface area (TPSA) is 81.1 Å². The molecular formula is C18H26ClN5O2. The second-order valence-corrected chi connectivity index (χ2v) is 6.34. The fourth-order valence-corrected chi connectivity index (χ4v) is 3.00. The average molecular weight is 380 g/mol. The first-order valence-corrected chi connectivity index (χ1v) is 8.70. The monoisotopic (exact) mass is 379 g/mol. The van der Waals surface area contributed by atoms with Crippen molar-refractivity contribution in [3.8, 4) is 5.75 Å². The van der Waals surface area contributed by atoms with Crippen molar-refractivity contribution in [2.75, 3.05) is 25.5 Å². The number of hydrogen-bond acceptors (Lipinski definition) is 5. The molecule has 1 aliphatic heterocycles. The number of aromatic nitrogens is 3. The molecule has 2 heterocycles. The number of anilines is 1. The predicted octanol–water partition coefficient (Wildman–Crippen LogP) is 2.28. The number of nitrogens with one attached hydrogen (secondary N) is 2. The van der Waals surface area contributed by atoms with Crippen LogP contribution in [0.15, 0.2) is 24.3 Å². The lowest BCUT2D eigenvalue weighted by Crippen LogP contribution is -2.27. The van der Waals surface area contributed by atoms with Gasteiger partial charge < -0.3 is 10.1 Å². The SMILES string of the molecule is COc1ccc(CCC(=O)Nc2nc(C3CCNCC3)nn2C)cc1.Cl. The highest BCUT2D eigenvalue weighted by Gasteiger charge is 2.21. The van der Waals surface area contributed by atoms with Crippen LogP contribution in [0.3, 0.4) is 0 Å². The molecule has 0 spiro atoms. The molecule has 26 heavy (non-hydrogen) atoms. The van der Waals surface area contributed by atoms with Gasteiger partial charge in [-0.05, 0) is 50.0 Å². The molecule has 1 aromatic heterocycles. The van der Waals surface area contributed by atoms with Gasteiger partial charge in [0.25, 0.3) is 0 Å². The zero-order chi connectivity index (χ0) is 17.6. The fraction of sp³-hybridized carbons (Fsp3) is 0.500. The van der Waals surface area contributed by atoms with E-state index in [1.54, 1.807) is 11.8 Å². The molecule has 0 atom stereocenters. The summed E-state index contributed by atoms with van der Waals surface area (Å²) in [6.07, 6.45) is 3.15. The Balaban J connectivity index is 0.00000243. The Morgan fingerprint density at radius 1 is 1.31 bits per heavy atom. The summed E-state index contributed by atoms with van der Waals surface area (Å²) < 4.78 is 6.79. The van der Waals surface area contributed by atoms with Crippen LogP contribution >= 0.6 is 12.4 Å². The Morgan fingerprint density at radius 3 is 2.65 bits per heavy atom. The number of aryl methyl sites for hydroxylation is 2. The van der Waals surface area contributed by atoms with Gasteiger partial charge in [0.1, 0.15) is 5.75 Å². The number of piperidine rings is 1. The molecule has 2 N–H and O–H groups in total. The highest BCUT2D eigenvalue weighted by atomic mass is 35.5. The minimum absolute atomic E-state index is 0. The molecule has 0 aliphatic carbocycles. The molecule has 1 fully saturated rings. The van der Waals surface area contributed by atoms with Gasteiger partial charge in [-0.2, -0.15) is 10.1 Å². The van der Waals surface area contributed by atoms with Crippen molar-refractivity contribution in [2.45, 2.75) is 31.6 Å². The molecule has 1 aliphatic rings. The van der Waals surface area contributed by atoms with Crippen LogP contribution in [0.2, 0.25) is 0 Å². The zero-order valence-corrected chi connectivity index (χ0v) is 16.0. The van der Waals surface area contributed by atoms with Crippen LogP contribution < -0.4 is 15.4 Å². The minimum atomic E-state index is -0.0526. The molecule has 0 saturated carbocycles. The first-order valence-electron chi connectivity index (χ1n) is 8.70. The maximum absolute atomic E-state index is 12.2. The van der Waals surface area contributed by atoms with Crippen LogP contribution in [0, 0.1) is 0 Å². The number of hydrogen-bond donors (Lipinski definition) is 2. The Hall–Kier alpha value is -2.12. The van der Waals surface area contributed by atoms with Gasteiger partial charge in [0.15, 0.2) is 5.82 Å². The number of rotatable bonds is 6. The average Bonchev–Trinajstić information content (AvgIpc) is 3.01. The van der Waals surface area contributed by atoms with Crippen molar-refractivity contribution in [1.82, 2.24) is 20.1 Å². The highest BCUT2D eigenvalue weighted by Crippen LogP contribution is 2.23. The second-order valence-electron chi connectivity index (χ2n) is 6.34. The highest BCUT2D eigenvalue weighted by molar-refractivity contribution is 5.89. The number of carbonyl (C=O) groups excluding carboxylic acids is 1. The largest absolute Gasteiger partial charge is 0.497 e. The standard InChI is InChI=1S/C18H25N5O2.ClH/c1-23-18(21-17(22-23)14-9-11-19-12-10-14)20-16(24)8-5-13-3-6-15(25-2)7-4-13;/h3-4,6-7,14,19H,5,8-12H2,1-2H3,(H,20,21,22,24);1H. The second kappa shape index (κ2) is 9.54. The van der Waals surface area contributed by atoms with Crippen LogP contribution in [-0.2, 0) is 18.3 Å². The summed E-state index contributed by atoms with van der Waals surface area (Å²) in [4.78, 5) is 16.7. The summed E-state index contributed by atoms with van der Waals surface area (Å²) in [6.45, 7) is 1.99. The first-order chi connectivity index (χ1) is 12.2. The van der Waals surface area contributed by atoms with E-state index in [2.05, 4.69) is 20.7 Å². The summed E-state index contributed by atoms with van der Waals surface area (Å²) in [7, 11) is 3.46. The lowest BCUT2D eigenvalue weighted by Gasteiger charge is -2.19. The van der Waals surface area contributed by atoms with Crippen molar-refractivity contribution in [3.63, 3.8) is 0 Å². The van der Waals surface area contributed by atoms with Crippen LogP contribution in [0.1, 0.15) is 36.6 Å². The molecule has 1 saturated heterocycles. The van der Waals surface area contributed by atoms with Crippen LogP contribution in [0.5, 0.6) is 5.75 Å². The lowest BCUT2D eigenvalue weighted by atomic mass is 9.98. The van der Waals surface area contributed by atoms with Gasteiger partial charge in [0, 0.05) is 19.4 Å². The van der Waals surface area contributed by atoms with E-state index in [1.165, 1.54) is 0 Å². The van der Waals surface area contributed by atoms with Crippen molar-refractivity contribution in [2.24, 2.45) is 7.05 Å². The van der Waals surface area contributed by atoms with Crippen LogP contribution in [-0.4, -0.2) is 40.9 Å². The van der Waals surface area contributed by atoms with E-state index >= 15 is 0 Å². The van der Waals surface area contributed by atoms with E-state index in [-0.39, 0.29) is 18.3 Å². The van der Waals surface area contributed by atoms with Gasteiger partial charge in [0.2, 0.25) is 11.9 Å². The number of nitrogens with zero attached hydrogens (tertiary/aromatic N) is 3. The molecule has 0 radical (unpaired) electrons. The molecule has 142 valence electrons. The van der Waals surface area contributed by atoms with Crippen molar-refractivity contribution in [3.05, 3.63) is 35.7 Å². The normalized spacial score (nSPS) is 14.5. The maximum atomic E-state index is 12.2. The Morgan fingerprint density at radius 2 is 2.00 bits per heavy atom. The van der Waals surface area contributed by atoms with E-state index in [0.717, 1.165) is 43.1 Å². The van der Waals surface area contributed by atoms with E-state index < -0.39 is 0 Å². The summed E-state index contributed by atoms with van der Waals surface area (Å²) in [6, 6.07) is 7.76. The smallest absolute Gasteiger partial charge is 0.227 e. The first kappa shape index (κ1) is 20.2. The summed E-state index contributed by atoms with van der Waals surface area (Å²) in [5.41, 5.74) is 1.10. The molecule has 0 bridgehead atoms. The number of benzene rings is 1. The summed E-state index contributed by atoms with van der Waals surface area (Å²) in [5.74, 6) is 2.49. The summed E-state index contributed by atoms with van der Waals surface area (Å²) >= 11 is 0. The van der Waals surface area contributed by atoms with Gasteiger partial charge in [-0.15, -0.1) is 12.4 Å². The zero-order valence-electron chi connectivity index (χ0n) is 15.2. The number of amides is 1. The molecular weight excluding hydrogens is 354 g/mol. The van der Waals surface area contributed by atoms with E-state index in [4.69, 9.17) is 4.74 Å². The molecule has 2 aromatic rings. The number of halogens is 1. The minimum Gasteiger partial charge on any atom is -0.497 e. The van der Waals surface area contributed by atoms with E-state index in [9.17, 15) is 4.79 Å². The number of ether oxygens (including phenoxy) is 1. The molecule has 1 aromatic carbocycles. The van der Waals surface area contributed by atoms with Gasteiger partial charge in [0.05, 0.1) is 7.11 Å².